The van der Waals surface area contributed by atoms with Crippen LogP contribution in [0.2, 0.25) is 0 Å². The Morgan fingerprint density at radius 3 is 2.53 bits per heavy atom. The van der Waals surface area contributed by atoms with Gasteiger partial charge in [-0.05, 0) is 46.6 Å². The van der Waals surface area contributed by atoms with Crippen molar-refractivity contribution in [2.75, 3.05) is 5.32 Å². The molecule has 3 N–H and O–H groups in total. The molecule has 6 heteroatoms. The van der Waals surface area contributed by atoms with Crippen LogP contribution in [0.4, 0.5) is 5.82 Å². The first kappa shape index (κ1) is 13.4. The van der Waals surface area contributed by atoms with E-state index in [4.69, 9.17) is 0 Å². The lowest BCUT2D eigenvalue weighted by atomic mass is 10.1. The van der Waals surface area contributed by atoms with Crippen LogP contribution in [0, 0.1) is 6.92 Å². The summed E-state index contributed by atoms with van der Waals surface area (Å²) >= 11 is 3.28. The van der Waals surface area contributed by atoms with Gasteiger partial charge in [0.15, 0.2) is 0 Å². The third kappa shape index (κ3) is 2.85. The second-order valence-electron chi connectivity index (χ2n) is 3.94. The molecule has 2 rings (SSSR count). The normalized spacial score (nSPS) is 10.2. The molecule has 1 aromatic carbocycles. The van der Waals surface area contributed by atoms with Crippen LogP contribution in [0.3, 0.4) is 0 Å². The van der Waals surface area contributed by atoms with E-state index in [1.54, 1.807) is 19.2 Å². The van der Waals surface area contributed by atoms with E-state index in [-0.39, 0.29) is 17.1 Å². The molecule has 0 unspecified atom stereocenters. The molecule has 1 amide bonds. The quantitative estimate of drug-likeness (QED) is 0.794. The van der Waals surface area contributed by atoms with Crippen LogP contribution in [0.25, 0.3) is 0 Å². The lowest BCUT2D eigenvalue weighted by Gasteiger charge is -2.09. The van der Waals surface area contributed by atoms with E-state index in [9.17, 15) is 15.0 Å². The number of aryl methyl sites for hydroxylation is 1. The van der Waals surface area contributed by atoms with Gasteiger partial charge in [-0.2, -0.15) is 0 Å². The monoisotopic (exact) mass is 322 g/mol. The molecule has 1 heterocycles. The lowest BCUT2D eigenvalue weighted by molar-refractivity contribution is 0.102. The summed E-state index contributed by atoms with van der Waals surface area (Å²) in [5.41, 5.74) is 0.587. The number of pyridine rings is 1. The number of carbonyl (C=O) groups is 1. The van der Waals surface area contributed by atoms with Crippen LogP contribution in [-0.2, 0) is 0 Å². The number of hydrogen-bond acceptors (Lipinski definition) is 4. The Labute approximate surface area is 118 Å². The van der Waals surface area contributed by atoms with Gasteiger partial charge >= 0.3 is 0 Å². The maximum atomic E-state index is 12.0. The fraction of sp³-hybridized carbons (Fsp3) is 0.0769. The molecule has 5 nitrogen and oxygen atoms in total. The fourth-order valence-corrected chi connectivity index (χ4v) is 2.05. The highest BCUT2D eigenvalue weighted by atomic mass is 79.9. The molecule has 0 saturated heterocycles. The zero-order valence-electron chi connectivity index (χ0n) is 10.0. The highest BCUT2D eigenvalue weighted by Crippen LogP contribution is 2.27. The number of halogens is 1. The van der Waals surface area contributed by atoms with Crippen LogP contribution < -0.4 is 5.32 Å². The molecule has 19 heavy (non-hydrogen) atoms. The SMILES string of the molecule is Cc1cc(Br)cnc1NC(=O)c1c(O)cccc1O. The minimum Gasteiger partial charge on any atom is -0.507 e. The molecule has 0 atom stereocenters. The van der Waals surface area contributed by atoms with Crippen molar-refractivity contribution in [2.24, 2.45) is 0 Å². The van der Waals surface area contributed by atoms with E-state index in [0.29, 0.717) is 5.82 Å². The van der Waals surface area contributed by atoms with Crippen LogP contribution in [-0.4, -0.2) is 21.1 Å². The third-order valence-electron chi connectivity index (χ3n) is 2.52. The van der Waals surface area contributed by atoms with E-state index in [0.717, 1.165) is 10.0 Å². The van der Waals surface area contributed by atoms with Crippen molar-refractivity contribution < 1.29 is 15.0 Å². The van der Waals surface area contributed by atoms with Gasteiger partial charge in [-0.1, -0.05) is 6.07 Å². The predicted molar refractivity (Wildman–Crippen MR) is 74.4 cm³/mol. The van der Waals surface area contributed by atoms with Crippen LogP contribution in [0.5, 0.6) is 11.5 Å². The molecule has 0 bridgehead atoms. The minimum atomic E-state index is -0.617. The zero-order valence-corrected chi connectivity index (χ0v) is 11.6. The molecule has 0 aliphatic rings. The molecule has 0 aliphatic carbocycles. The number of aromatic hydroxyl groups is 2. The summed E-state index contributed by atoms with van der Waals surface area (Å²) in [6.07, 6.45) is 1.55. The summed E-state index contributed by atoms with van der Waals surface area (Å²) in [6, 6.07) is 5.91. The summed E-state index contributed by atoms with van der Waals surface area (Å²) in [5, 5.41) is 21.8. The molecule has 0 aliphatic heterocycles. The number of carbonyl (C=O) groups excluding carboxylic acids is 1. The topological polar surface area (TPSA) is 82.5 Å². The first-order valence-electron chi connectivity index (χ1n) is 5.43. The number of amides is 1. The Kier molecular flexibility index (Phi) is 3.71. The number of benzene rings is 1. The average Bonchev–Trinajstić information content (AvgIpc) is 2.32. The maximum absolute atomic E-state index is 12.0. The van der Waals surface area contributed by atoms with E-state index in [1.165, 1.54) is 18.2 Å². The smallest absolute Gasteiger partial charge is 0.264 e. The summed E-state index contributed by atoms with van der Waals surface area (Å²) in [7, 11) is 0. The Hall–Kier alpha value is -2.08. The molecule has 2 aromatic rings. The summed E-state index contributed by atoms with van der Waals surface area (Å²) in [6.45, 7) is 1.79. The van der Waals surface area contributed by atoms with Gasteiger partial charge < -0.3 is 15.5 Å². The highest BCUT2D eigenvalue weighted by molar-refractivity contribution is 9.10. The standard InChI is InChI=1S/C13H11BrN2O3/c1-7-5-8(14)6-15-12(7)16-13(19)11-9(17)3-2-4-10(11)18/h2-6,17-18H,1H3,(H,15,16,19). The number of rotatable bonds is 2. The van der Waals surface area contributed by atoms with Gasteiger partial charge in [0.2, 0.25) is 0 Å². The lowest BCUT2D eigenvalue weighted by Crippen LogP contribution is -2.14. The molecule has 1 aromatic heterocycles. The summed E-state index contributed by atoms with van der Waals surface area (Å²) in [4.78, 5) is 16.1. The number of hydrogen-bond donors (Lipinski definition) is 3. The average molecular weight is 323 g/mol. The van der Waals surface area contributed by atoms with Gasteiger partial charge in [-0.25, -0.2) is 4.98 Å². The van der Waals surface area contributed by atoms with Crippen molar-refractivity contribution >= 4 is 27.7 Å². The van der Waals surface area contributed by atoms with Gasteiger partial charge in [0, 0.05) is 10.7 Å². The number of nitrogens with zero attached hydrogens (tertiary/aromatic N) is 1. The summed E-state index contributed by atoms with van der Waals surface area (Å²) in [5.74, 6) is -0.816. The molecule has 0 saturated carbocycles. The van der Waals surface area contributed by atoms with E-state index < -0.39 is 5.91 Å². The number of phenolic OH excluding ortho intramolecular Hbond substituents is 2. The molecule has 98 valence electrons. The fourth-order valence-electron chi connectivity index (χ4n) is 1.60. The largest absolute Gasteiger partial charge is 0.507 e. The zero-order chi connectivity index (χ0) is 14.0. The molecular weight excluding hydrogens is 312 g/mol. The Morgan fingerprint density at radius 1 is 1.32 bits per heavy atom. The molecule has 0 radical (unpaired) electrons. The Bertz CT molecular complexity index is 624. The first-order valence-corrected chi connectivity index (χ1v) is 6.23. The highest BCUT2D eigenvalue weighted by Gasteiger charge is 2.17. The predicted octanol–water partition coefficient (Wildman–Crippen LogP) is 2.82. The van der Waals surface area contributed by atoms with Gasteiger partial charge in [0.25, 0.3) is 5.91 Å². The Morgan fingerprint density at radius 2 is 1.95 bits per heavy atom. The van der Waals surface area contributed by atoms with Crippen molar-refractivity contribution in [1.82, 2.24) is 4.98 Å². The molecule has 0 spiro atoms. The van der Waals surface area contributed by atoms with Gasteiger partial charge in [-0.15, -0.1) is 0 Å². The van der Waals surface area contributed by atoms with Crippen molar-refractivity contribution in [1.29, 1.82) is 0 Å². The van der Waals surface area contributed by atoms with E-state index in [2.05, 4.69) is 26.2 Å². The van der Waals surface area contributed by atoms with Crippen LogP contribution in [0.15, 0.2) is 34.9 Å². The first-order chi connectivity index (χ1) is 8.99. The van der Waals surface area contributed by atoms with Crippen LogP contribution in [0.1, 0.15) is 15.9 Å². The van der Waals surface area contributed by atoms with Gasteiger partial charge in [0.1, 0.15) is 22.9 Å². The Balaban J connectivity index is 2.31. The van der Waals surface area contributed by atoms with E-state index in [1.807, 2.05) is 0 Å². The van der Waals surface area contributed by atoms with Crippen molar-refractivity contribution in [3.05, 3.63) is 46.1 Å². The second kappa shape index (κ2) is 5.27. The van der Waals surface area contributed by atoms with Gasteiger partial charge in [-0.3, -0.25) is 4.79 Å². The van der Waals surface area contributed by atoms with Crippen molar-refractivity contribution in [3.8, 4) is 11.5 Å². The number of anilines is 1. The number of nitrogens with one attached hydrogen (secondary N) is 1. The van der Waals surface area contributed by atoms with E-state index >= 15 is 0 Å². The van der Waals surface area contributed by atoms with Gasteiger partial charge in [0.05, 0.1) is 0 Å². The van der Waals surface area contributed by atoms with Crippen LogP contribution >= 0.6 is 15.9 Å². The minimum absolute atomic E-state index is 0.174. The molecular formula is C13H11BrN2O3. The maximum Gasteiger partial charge on any atom is 0.264 e. The second-order valence-corrected chi connectivity index (χ2v) is 4.86. The third-order valence-corrected chi connectivity index (χ3v) is 2.96. The van der Waals surface area contributed by atoms with Crippen molar-refractivity contribution in [3.63, 3.8) is 0 Å². The number of aromatic nitrogens is 1. The number of phenols is 2. The van der Waals surface area contributed by atoms with Crippen molar-refractivity contribution in [2.45, 2.75) is 6.92 Å². The summed E-state index contributed by atoms with van der Waals surface area (Å²) < 4.78 is 0.799. The molecule has 0 fully saturated rings.